The molecule has 1 aliphatic carbocycles. The first-order valence-electron chi connectivity index (χ1n) is 8.79. The molecule has 1 aromatic rings. The lowest BCUT2D eigenvalue weighted by Gasteiger charge is -2.31. The van der Waals surface area contributed by atoms with Gasteiger partial charge in [0.05, 0.1) is 12.2 Å². The van der Waals surface area contributed by atoms with E-state index in [4.69, 9.17) is 5.73 Å². The van der Waals surface area contributed by atoms with Crippen LogP contribution in [0.1, 0.15) is 31.7 Å². The molecule has 1 aromatic carbocycles. The number of nitrogens with zero attached hydrogens (tertiary/aromatic N) is 3. The van der Waals surface area contributed by atoms with Crippen molar-refractivity contribution in [3.8, 4) is 0 Å². The number of hydrogen-bond acceptors (Lipinski definition) is 3. The second-order valence-electron chi connectivity index (χ2n) is 7.23. The van der Waals surface area contributed by atoms with Crippen LogP contribution < -0.4 is 16.0 Å². The average Bonchev–Trinajstić information content (AvgIpc) is 3.34. The average molecular weight is 341 g/mol. The van der Waals surface area contributed by atoms with Gasteiger partial charge in [-0.2, -0.15) is 0 Å². The van der Waals surface area contributed by atoms with Crippen LogP contribution in [0.5, 0.6) is 0 Å². The van der Waals surface area contributed by atoms with Gasteiger partial charge in [-0.15, -0.1) is 0 Å². The summed E-state index contributed by atoms with van der Waals surface area (Å²) in [6.07, 6.45) is 3.15. The zero-order valence-corrected chi connectivity index (χ0v) is 14.4. The summed E-state index contributed by atoms with van der Waals surface area (Å²) in [6.45, 7) is 4.26. The highest BCUT2D eigenvalue weighted by Crippen LogP contribution is 2.43. The molecular formula is C18H23N5O2. The smallest absolute Gasteiger partial charge is 0.329 e. The van der Waals surface area contributed by atoms with Gasteiger partial charge in [0.2, 0.25) is 0 Å². The van der Waals surface area contributed by atoms with Crippen LogP contribution in [-0.2, 0) is 11.3 Å². The van der Waals surface area contributed by atoms with Crippen molar-refractivity contribution in [2.45, 2.75) is 38.3 Å². The van der Waals surface area contributed by atoms with E-state index in [2.05, 4.69) is 10.3 Å². The highest BCUT2D eigenvalue weighted by atomic mass is 16.2. The summed E-state index contributed by atoms with van der Waals surface area (Å²) in [7, 11) is 0. The fourth-order valence-corrected chi connectivity index (χ4v) is 3.40. The molecular weight excluding hydrogens is 318 g/mol. The Kier molecular flexibility index (Phi) is 3.67. The van der Waals surface area contributed by atoms with Gasteiger partial charge < -0.3 is 16.0 Å². The molecule has 25 heavy (non-hydrogen) atoms. The van der Waals surface area contributed by atoms with E-state index in [1.54, 1.807) is 12.1 Å². The van der Waals surface area contributed by atoms with Gasteiger partial charge in [-0.05, 0) is 49.8 Å². The lowest BCUT2D eigenvalue weighted by atomic mass is 9.96. The summed E-state index contributed by atoms with van der Waals surface area (Å²) in [6, 6.07) is 7.01. The van der Waals surface area contributed by atoms with Crippen LogP contribution in [-0.4, -0.2) is 41.4 Å². The van der Waals surface area contributed by atoms with E-state index in [1.165, 1.54) is 4.90 Å². The maximum atomic E-state index is 12.7. The zero-order valence-electron chi connectivity index (χ0n) is 14.4. The van der Waals surface area contributed by atoms with Crippen LogP contribution in [0.4, 0.5) is 10.5 Å². The van der Waals surface area contributed by atoms with Crippen molar-refractivity contribution in [3.05, 3.63) is 29.8 Å². The first-order chi connectivity index (χ1) is 12.0. The first kappa shape index (κ1) is 15.9. The number of likely N-dealkylation sites (tertiary alicyclic amines) is 1. The SMILES string of the molecule is CC1(C2CC2)NC(=O)N(c2ccc(CN=C(N)N3CCC3)cc2)C1=O. The molecule has 4 rings (SSSR count). The van der Waals surface area contributed by atoms with Crippen molar-refractivity contribution >= 4 is 23.6 Å². The molecule has 3 fully saturated rings. The maximum absolute atomic E-state index is 12.7. The molecule has 0 spiro atoms. The molecule has 3 aliphatic rings. The quantitative estimate of drug-likeness (QED) is 0.492. The summed E-state index contributed by atoms with van der Waals surface area (Å²) in [5.74, 6) is 0.671. The molecule has 7 nitrogen and oxygen atoms in total. The van der Waals surface area contributed by atoms with Crippen LogP contribution in [0.3, 0.4) is 0 Å². The van der Waals surface area contributed by atoms with Crippen LogP contribution in [0.25, 0.3) is 0 Å². The third kappa shape index (κ3) is 2.73. The second kappa shape index (κ2) is 5.75. The van der Waals surface area contributed by atoms with E-state index in [9.17, 15) is 9.59 Å². The Bertz CT molecular complexity index is 736. The molecule has 2 heterocycles. The highest BCUT2D eigenvalue weighted by Gasteiger charge is 2.56. The maximum Gasteiger partial charge on any atom is 0.329 e. The number of aliphatic imine (C=N–C) groups is 1. The standard InChI is InChI=1S/C18H23N5O2/c1-18(13-5-6-13)15(24)23(17(25)21-18)14-7-3-12(4-8-14)11-20-16(19)22-9-2-10-22/h3-4,7-8,13H,2,5-6,9-11H2,1H3,(H2,19,20)(H,21,25). The molecule has 7 heteroatoms. The molecule has 2 saturated heterocycles. The minimum Gasteiger partial charge on any atom is -0.370 e. The number of anilines is 1. The zero-order chi connectivity index (χ0) is 17.6. The number of imide groups is 1. The van der Waals surface area contributed by atoms with Crippen LogP contribution >= 0.6 is 0 Å². The largest absolute Gasteiger partial charge is 0.370 e. The van der Waals surface area contributed by atoms with Crippen molar-refractivity contribution in [2.75, 3.05) is 18.0 Å². The summed E-state index contributed by atoms with van der Waals surface area (Å²) >= 11 is 0. The van der Waals surface area contributed by atoms with Gasteiger partial charge in [0.25, 0.3) is 5.91 Å². The highest BCUT2D eigenvalue weighted by molar-refractivity contribution is 6.23. The molecule has 3 N–H and O–H groups in total. The molecule has 0 aromatic heterocycles. The third-order valence-electron chi connectivity index (χ3n) is 5.41. The molecule has 1 atom stereocenters. The molecule has 132 valence electrons. The topological polar surface area (TPSA) is 91.0 Å². The number of nitrogens with two attached hydrogens (primary N) is 1. The monoisotopic (exact) mass is 341 g/mol. The van der Waals surface area contributed by atoms with Crippen molar-refractivity contribution in [2.24, 2.45) is 16.6 Å². The van der Waals surface area contributed by atoms with Crippen molar-refractivity contribution in [3.63, 3.8) is 0 Å². The summed E-state index contributed by atoms with van der Waals surface area (Å²) < 4.78 is 0. The van der Waals surface area contributed by atoms with Gasteiger partial charge in [-0.3, -0.25) is 4.79 Å². The number of carbonyl (C=O) groups excluding carboxylic acids is 2. The number of amides is 3. The lowest BCUT2D eigenvalue weighted by Crippen LogP contribution is -2.46. The van der Waals surface area contributed by atoms with Gasteiger partial charge in [0, 0.05) is 13.1 Å². The summed E-state index contributed by atoms with van der Waals surface area (Å²) in [5.41, 5.74) is 6.75. The van der Waals surface area contributed by atoms with E-state index >= 15 is 0 Å². The number of rotatable bonds is 4. The fraction of sp³-hybridized carbons (Fsp3) is 0.500. The fourth-order valence-electron chi connectivity index (χ4n) is 3.40. The predicted molar refractivity (Wildman–Crippen MR) is 95.1 cm³/mol. The van der Waals surface area contributed by atoms with E-state index in [1.807, 2.05) is 24.0 Å². The Hall–Kier alpha value is -2.57. The molecule has 0 radical (unpaired) electrons. The van der Waals surface area contributed by atoms with E-state index in [0.29, 0.717) is 18.2 Å². The Morgan fingerprint density at radius 3 is 2.52 bits per heavy atom. The number of benzene rings is 1. The van der Waals surface area contributed by atoms with Gasteiger partial charge in [-0.25, -0.2) is 14.7 Å². The summed E-state index contributed by atoms with van der Waals surface area (Å²) in [4.78, 5) is 32.7. The third-order valence-corrected chi connectivity index (χ3v) is 5.41. The van der Waals surface area contributed by atoms with Crippen molar-refractivity contribution < 1.29 is 9.59 Å². The van der Waals surface area contributed by atoms with E-state index < -0.39 is 5.54 Å². The molecule has 1 unspecified atom stereocenters. The van der Waals surface area contributed by atoms with Crippen LogP contribution in [0, 0.1) is 5.92 Å². The van der Waals surface area contributed by atoms with E-state index in [0.717, 1.165) is 37.9 Å². The minimum atomic E-state index is -0.758. The minimum absolute atomic E-state index is 0.159. The molecule has 1 saturated carbocycles. The Labute approximate surface area is 146 Å². The first-order valence-corrected chi connectivity index (χ1v) is 8.79. The Balaban J connectivity index is 1.46. The number of carbonyl (C=O) groups is 2. The predicted octanol–water partition coefficient (Wildman–Crippen LogP) is 1.43. The Morgan fingerprint density at radius 2 is 1.96 bits per heavy atom. The molecule has 3 amide bonds. The van der Waals surface area contributed by atoms with Gasteiger partial charge in [-0.1, -0.05) is 12.1 Å². The van der Waals surface area contributed by atoms with Crippen LogP contribution in [0.15, 0.2) is 29.3 Å². The molecule has 2 aliphatic heterocycles. The number of hydrogen-bond donors (Lipinski definition) is 2. The normalized spacial score (nSPS) is 26.7. The van der Waals surface area contributed by atoms with E-state index in [-0.39, 0.29) is 17.9 Å². The van der Waals surface area contributed by atoms with Crippen molar-refractivity contribution in [1.82, 2.24) is 10.2 Å². The van der Waals surface area contributed by atoms with Gasteiger partial charge in [0.1, 0.15) is 5.54 Å². The van der Waals surface area contributed by atoms with Crippen molar-refractivity contribution in [1.29, 1.82) is 0 Å². The lowest BCUT2D eigenvalue weighted by molar-refractivity contribution is -0.122. The number of nitrogens with one attached hydrogen (secondary N) is 1. The summed E-state index contributed by atoms with van der Waals surface area (Å²) in [5, 5.41) is 2.86. The number of urea groups is 1. The second-order valence-corrected chi connectivity index (χ2v) is 7.23. The van der Waals surface area contributed by atoms with Gasteiger partial charge >= 0.3 is 6.03 Å². The number of guanidine groups is 1. The Morgan fingerprint density at radius 1 is 1.28 bits per heavy atom. The van der Waals surface area contributed by atoms with Gasteiger partial charge in [0.15, 0.2) is 5.96 Å². The van der Waals surface area contributed by atoms with Crippen LogP contribution in [0.2, 0.25) is 0 Å². The molecule has 0 bridgehead atoms.